The van der Waals surface area contributed by atoms with Crippen molar-refractivity contribution >= 4 is 17.6 Å². The maximum absolute atomic E-state index is 10.2. The lowest BCUT2D eigenvalue weighted by Crippen LogP contribution is -2.14. The Hall–Kier alpha value is -0.240. The third-order valence-electron chi connectivity index (χ3n) is 1.17. The molecule has 0 amide bonds. The van der Waals surface area contributed by atoms with E-state index < -0.39 is 5.97 Å². The number of alkyl halides is 1. The number of carboxylic acid groups (broad SMARTS) is 1. The molecule has 0 saturated carbocycles. The third kappa shape index (κ3) is 3.36. The van der Waals surface area contributed by atoms with E-state index >= 15 is 0 Å². The Kier molecular flexibility index (Phi) is 4.50. The van der Waals surface area contributed by atoms with Gasteiger partial charge in [-0.3, -0.25) is 4.79 Å². The van der Waals surface area contributed by atoms with Crippen LogP contribution in [0.2, 0.25) is 0 Å². The van der Waals surface area contributed by atoms with Gasteiger partial charge < -0.3 is 5.11 Å². The highest BCUT2D eigenvalue weighted by molar-refractivity contribution is 6.19. The second kappa shape index (κ2) is 4.62. The number of hydrogen-bond acceptors (Lipinski definition) is 1. The first kappa shape index (κ1) is 8.76. The normalized spacial score (nSPS) is 13.1. The minimum absolute atomic E-state index is 0.225. The molecule has 0 rings (SSSR count). The monoisotopic (exact) mass is 150 g/mol. The number of carboxylic acids is 1. The molecule has 0 aromatic rings. The van der Waals surface area contributed by atoms with E-state index in [2.05, 4.69) is 0 Å². The van der Waals surface area contributed by atoms with Gasteiger partial charge in [0.15, 0.2) is 0 Å². The van der Waals surface area contributed by atoms with Crippen molar-refractivity contribution in [2.75, 3.05) is 5.88 Å². The quantitative estimate of drug-likeness (QED) is 0.620. The Morgan fingerprint density at radius 2 is 2.33 bits per heavy atom. The highest BCUT2D eigenvalue weighted by Gasteiger charge is 2.13. The molecule has 0 aromatic heterocycles. The molecule has 2 nitrogen and oxygen atoms in total. The summed E-state index contributed by atoms with van der Waals surface area (Å²) in [6.45, 7) is 1.95. The van der Waals surface area contributed by atoms with E-state index in [1.165, 1.54) is 0 Å². The Labute approximate surface area is 59.8 Å². The van der Waals surface area contributed by atoms with Crippen LogP contribution in [0, 0.1) is 5.92 Å². The Bertz CT molecular complexity index is 93.1. The lowest BCUT2D eigenvalue weighted by atomic mass is 10.1. The van der Waals surface area contributed by atoms with Crippen molar-refractivity contribution in [1.29, 1.82) is 0 Å². The van der Waals surface area contributed by atoms with E-state index in [0.717, 1.165) is 6.42 Å². The third-order valence-corrected chi connectivity index (χ3v) is 1.55. The first-order valence-electron chi connectivity index (χ1n) is 3.01. The zero-order valence-electron chi connectivity index (χ0n) is 5.43. The molecule has 0 aliphatic rings. The summed E-state index contributed by atoms with van der Waals surface area (Å²) in [6, 6.07) is 0. The number of halogens is 1. The lowest BCUT2D eigenvalue weighted by Gasteiger charge is -2.04. The van der Waals surface area contributed by atoms with E-state index in [0.29, 0.717) is 6.42 Å². The number of hydrogen-bond donors (Lipinski definition) is 1. The first-order chi connectivity index (χ1) is 4.22. The predicted molar refractivity (Wildman–Crippen MR) is 36.8 cm³/mol. The summed E-state index contributed by atoms with van der Waals surface area (Å²) in [5.41, 5.74) is 0. The van der Waals surface area contributed by atoms with Gasteiger partial charge in [-0.25, -0.2) is 0 Å². The van der Waals surface area contributed by atoms with Crippen molar-refractivity contribution in [2.45, 2.75) is 19.8 Å². The molecular formula is C6H11ClO2. The fourth-order valence-electron chi connectivity index (χ4n) is 0.615. The summed E-state index contributed by atoms with van der Waals surface area (Å²) in [4.78, 5) is 10.2. The average molecular weight is 151 g/mol. The van der Waals surface area contributed by atoms with Crippen molar-refractivity contribution in [2.24, 2.45) is 5.92 Å². The van der Waals surface area contributed by atoms with Crippen LogP contribution < -0.4 is 0 Å². The van der Waals surface area contributed by atoms with Gasteiger partial charge in [-0.15, -0.1) is 11.6 Å². The van der Waals surface area contributed by atoms with Crippen LogP contribution in [0.3, 0.4) is 0 Å². The minimum Gasteiger partial charge on any atom is -0.481 e. The highest BCUT2D eigenvalue weighted by Crippen LogP contribution is 2.07. The average Bonchev–Trinajstić information content (AvgIpc) is 1.82. The molecule has 0 bridgehead atoms. The van der Waals surface area contributed by atoms with Crippen LogP contribution >= 0.6 is 11.6 Å². The summed E-state index contributed by atoms with van der Waals surface area (Å²) in [6.07, 6.45) is 1.56. The van der Waals surface area contributed by atoms with Gasteiger partial charge in [0.25, 0.3) is 0 Å². The molecule has 3 heteroatoms. The summed E-state index contributed by atoms with van der Waals surface area (Å²) in [5.74, 6) is -0.910. The van der Waals surface area contributed by atoms with Crippen LogP contribution in [0.4, 0.5) is 0 Å². The van der Waals surface area contributed by atoms with E-state index in [4.69, 9.17) is 16.7 Å². The smallest absolute Gasteiger partial charge is 0.307 e. The second-order valence-corrected chi connectivity index (χ2v) is 2.29. The van der Waals surface area contributed by atoms with E-state index in [9.17, 15) is 4.79 Å². The molecule has 1 unspecified atom stereocenters. The lowest BCUT2D eigenvalue weighted by molar-refractivity contribution is -0.141. The van der Waals surface area contributed by atoms with Gasteiger partial charge in [-0.05, 0) is 6.42 Å². The van der Waals surface area contributed by atoms with Gasteiger partial charge in [0, 0.05) is 5.88 Å². The SMILES string of the molecule is CCCC(CCl)C(=O)O. The summed E-state index contributed by atoms with van der Waals surface area (Å²) in [5, 5.41) is 8.42. The van der Waals surface area contributed by atoms with Crippen LogP contribution in [0.5, 0.6) is 0 Å². The Morgan fingerprint density at radius 1 is 1.78 bits per heavy atom. The fraction of sp³-hybridized carbons (Fsp3) is 0.833. The molecular weight excluding hydrogens is 140 g/mol. The van der Waals surface area contributed by atoms with Gasteiger partial charge in [0.2, 0.25) is 0 Å². The van der Waals surface area contributed by atoms with Gasteiger partial charge in [-0.1, -0.05) is 13.3 Å². The van der Waals surface area contributed by atoms with Gasteiger partial charge in [-0.2, -0.15) is 0 Å². The molecule has 0 aromatic carbocycles. The van der Waals surface area contributed by atoms with Crippen LogP contribution in [0.15, 0.2) is 0 Å². The Morgan fingerprint density at radius 3 is 2.44 bits per heavy atom. The van der Waals surface area contributed by atoms with E-state index in [1.54, 1.807) is 0 Å². The minimum atomic E-state index is -0.785. The first-order valence-corrected chi connectivity index (χ1v) is 3.54. The van der Waals surface area contributed by atoms with Crippen LogP contribution in [0.25, 0.3) is 0 Å². The highest BCUT2D eigenvalue weighted by atomic mass is 35.5. The maximum Gasteiger partial charge on any atom is 0.307 e. The standard InChI is InChI=1S/C6H11ClO2/c1-2-3-5(4-7)6(8)9/h5H,2-4H2,1H3,(H,8,9). The zero-order valence-corrected chi connectivity index (χ0v) is 6.19. The number of rotatable bonds is 4. The summed E-state index contributed by atoms with van der Waals surface area (Å²) in [7, 11) is 0. The number of carbonyl (C=O) groups is 1. The molecule has 0 spiro atoms. The number of aliphatic carboxylic acids is 1. The molecule has 54 valence electrons. The topological polar surface area (TPSA) is 37.3 Å². The molecule has 0 aliphatic heterocycles. The van der Waals surface area contributed by atoms with Crippen molar-refractivity contribution in [3.63, 3.8) is 0 Å². The van der Waals surface area contributed by atoms with E-state index in [-0.39, 0.29) is 11.8 Å². The van der Waals surface area contributed by atoms with Crippen molar-refractivity contribution in [1.82, 2.24) is 0 Å². The van der Waals surface area contributed by atoms with Crippen molar-refractivity contribution in [3.8, 4) is 0 Å². The summed E-state index contributed by atoms with van der Waals surface area (Å²) >= 11 is 5.36. The Balaban J connectivity index is 3.54. The predicted octanol–water partition coefficient (Wildman–Crippen LogP) is 1.73. The fourth-order valence-corrected chi connectivity index (χ4v) is 0.901. The molecule has 0 aliphatic carbocycles. The summed E-state index contributed by atoms with van der Waals surface area (Å²) < 4.78 is 0. The van der Waals surface area contributed by atoms with Crippen molar-refractivity contribution in [3.05, 3.63) is 0 Å². The molecule has 0 radical (unpaired) electrons. The van der Waals surface area contributed by atoms with E-state index in [1.807, 2.05) is 6.92 Å². The molecule has 9 heavy (non-hydrogen) atoms. The largest absolute Gasteiger partial charge is 0.481 e. The second-order valence-electron chi connectivity index (χ2n) is 1.98. The molecule has 0 heterocycles. The maximum atomic E-state index is 10.2. The van der Waals surface area contributed by atoms with Gasteiger partial charge in [0.05, 0.1) is 5.92 Å². The molecule has 0 fully saturated rings. The molecule has 1 N–H and O–H groups in total. The van der Waals surface area contributed by atoms with Gasteiger partial charge in [0.1, 0.15) is 0 Å². The van der Waals surface area contributed by atoms with Crippen molar-refractivity contribution < 1.29 is 9.90 Å². The van der Waals surface area contributed by atoms with Crippen LogP contribution in [0.1, 0.15) is 19.8 Å². The molecule has 0 saturated heterocycles. The van der Waals surface area contributed by atoms with Crippen LogP contribution in [-0.2, 0) is 4.79 Å². The van der Waals surface area contributed by atoms with Gasteiger partial charge >= 0.3 is 5.97 Å². The van der Waals surface area contributed by atoms with Crippen LogP contribution in [-0.4, -0.2) is 17.0 Å². The molecule has 1 atom stereocenters. The zero-order chi connectivity index (χ0) is 7.28.